The normalized spacial score (nSPS) is 19.3. The van der Waals surface area contributed by atoms with Gasteiger partial charge in [-0.2, -0.15) is 0 Å². The highest BCUT2D eigenvalue weighted by Gasteiger charge is 2.41. The lowest BCUT2D eigenvalue weighted by molar-refractivity contribution is 0.156. The number of hydrogen-bond acceptors (Lipinski definition) is 2. The number of rotatable bonds is 9. The molecule has 0 amide bonds. The molecule has 1 aliphatic carbocycles. The lowest BCUT2D eigenvalue weighted by atomic mass is 9.90. The molecule has 1 aliphatic rings. The predicted molar refractivity (Wildman–Crippen MR) is 78.9 cm³/mol. The van der Waals surface area contributed by atoms with Crippen molar-refractivity contribution in [3.8, 4) is 0 Å². The summed E-state index contributed by atoms with van der Waals surface area (Å²) in [6.07, 6.45) is 11.5. The van der Waals surface area contributed by atoms with Crippen LogP contribution in [0.3, 0.4) is 0 Å². The van der Waals surface area contributed by atoms with Gasteiger partial charge < -0.3 is 8.85 Å². The van der Waals surface area contributed by atoms with Gasteiger partial charge in [0.25, 0.3) is 0 Å². The predicted octanol–water partition coefficient (Wildman–Crippen LogP) is 4.83. The summed E-state index contributed by atoms with van der Waals surface area (Å²) in [5.74, 6) is 0. The van der Waals surface area contributed by atoms with E-state index in [4.69, 9.17) is 8.85 Å². The zero-order valence-corrected chi connectivity index (χ0v) is 13.6. The summed E-state index contributed by atoms with van der Waals surface area (Å²) in [5, 5.41) is 0.352. The molecule has 1 rings (SSSR count). The fourth-order valence-corrected chi connectivity index (χ4v) is 4.75. The third-order valence-electron chi connectivity index (χ3n) is 3.91. The molecular weight excluding hydrogens is 240 g/mol. The molecule has 0 unspecified atom stereocenters. The van der Waals surface area contributed by atoms with Crippen LogP contribution < -0.4 is 0 Å². The highest BCUT2D eigenvalue weighted by atomic mass is 28.3. The molecule has 1 radical (unpaired) electrons. The SMILES string of the molecule is CCCCO[Si](OCCCC)C1(C)CCCCC1. The second-order valence-corrected chi connectivity index (χ2v) is 8.17. The first-order valence-corrected chi connectivity index (χ1v) is 9.17. The Hall–Kier alpha value is 0.137. The van der Waals surface area contributed by atoms with Crippen molar-refractivity contribution < 1.29 is 8.85 Å². The molecule has 1 saturated carbocycles. The lowest BCUT2D eigenvalue weighted by Crippen LogP contribution is -2.38. The molecule has 0 aromatic heterocycles. The quantitative estimate of drug-likeness (QED) is 0.441. The Kier molecular flexibility index (Phi) is 8.19. The van der Waals surface area contributed by atoms with Crippen molar-refractivity contribution in [1.29, 1.82) is 0 Å². The van der Waals surface area contributed by atoms with Crippen LogP contribution in [0.4, 0.5) is 0 Å². The summed E-state index contributed by atoms with van der Waals surface area (Å²) in [5.41, 5.74) is 0. The van der Waals surface area contributed by atoms with Gasteiger partial charge in [-0.3, -0.25) is 0 Å². The Bertz CT molecular complexity index is 193. The van der Waals surface area contributed by atoms with Crippen LogP contribution in [0.1, 0.15) is 78.6 Å². The molecule has 0 bridgehead atoms. The number of hydrogen-bond donors (Lipinski definition) is 0. The van der Waals surface area contributed by atoms with Gasteiger partial charge in [0.2, 0.25) is 0 Å². The first-order valence-electron chi connectivity index (χ1n) is 7.86. The molecule has 3 heteroatoms. The van der Waals surface area contributed by atoms with E-state index >= 15 is 0 Å². The first kappa shape index (κ1) is 16.2. The van der Waals surface area contributed by atoms with Crippen LogP contribution >= 0.6 is 0 Å². The summed E-state index contributed by atoms with van der Waals surface area (Å²) in [7, 11) is -1.09. The monoisotopic (exact) mass is 271 g/mol. The van der Waals surface area contributed by atoms with Crippen molar-refractivity contribution in [3.63, 3.8) is 0 Å². The van der Waals surface area contributed by atoms with Crippen molar-refractivity contribution in [1.82, 2.24) is 0 Å². The maximum absolute atomic E-state index is 6.15. The van der Waals surface area contributed by atoms with E-state index in [1.807, 2.05) is 0 Å². The molecule has 0 aromatic carbocycles. The molecule has 0 spiro atoms. The molecule has 0 aromatic rings. The smallest absolute Gasteiger partial charge is 0.391 e. The third kappa shape index (κ3) is 5.41. The minimum atomic E-state index is -1.09. The van der Waals surface area contributed by atoms with Gasteiger partial charge in [0.1, 0.15) is 0 Å². The molecule has 0 aliphatic heterocycles. The zero-order valence-electron chi connectivity index (χ0n) is 12.6. The van der Waals surface area contributed by atoms with Gasteiger partial charge >= 0.3 is 9.28 Å². The van der Waals surface area contributed by atoms with E-state index in [1.165, 1.54) is 57.8 Å². The largest absolute Gasteiger partial charge is 0.393 e. The Balaban J connectivity index is 2.45. The van der Waals surface area contributed by atoms with Gasteiger partial charge in [-0.15, -0.1) is 0 Å². The molecule has 1 fully saturated rings. The van der Waals surface area contributed by atoms with Crippen molar-refractivity contribution >= 4 is 9.28 Å². The van der Waals surface area contributed by atoms with Crippen molar-refractivity contribution in [2.24, 2.45) is 0 Å². The summed E-state index contributed by atoms with van der Waals surface area (Å²) in [4.78, 5) is 0. The molecular formula is C15H31O2Si. The van der Waals surface area contributed by atoms with E-state index in [2.05, 4.69) is 20.8 Å². The minimum Gasteiger partial charge on any atom is -0.393 e. The van der Waals surface area contributed by atoms with Gasteiger partial charge in [-0.05, 0) is 25.7 Å². The van der Waals surface area contributed by atoms with E-state index in [9.17, 15) is 0 Å². The van der Waals surface area contributed by atoms with Gasteiger partial charge in [0, 0.05) is 18.3 Å². The molecule has 0 saturated heterocycles. The van der Waals surface area contributed by atoms with Gasteiger partial charge in [-0.1, -0.05) is 52.9 Å². The van der Waals surface area contributed by atoms with Gasteiger partial charge in [0.15, 0.2) is 0 Å². The van der Waals surface area contributed by atoms with Gasteiger partial charge in [-0.25, -0.2) is 0 Å². The van der Waals surface area contributed by atoms with E-state index in [0.29, 0.717) is 5.04 Å². The molecule has 0 atom stereocenters. The van der Waals surface area contributed by atoms with E-state index in [-0.39, 0.29) is 0 Å². The summed E-state index contributed by atoms with van der Waals surface area (Å²) in [6.45, 7) is 8.63. The third-order valence-corrected chi connectivity index (χ3v) is 6.33. The average Bonchev–Trinajstić information content (AvgIpc) is 2.38. The average molecular weight is 271 g/mol. The van der Waals surface area contributed by atoms with Gasteiger partial charge in [0.05, 0.1) is 0 Å². The molecule has 18 heavy (non-hydrogen) atoms. The summed E-state index contributed by atoms with van der Waals surface area (Å²) >= 11 is 0. The second kappa shape index (κ2) is 9.11. The van der Waals surface area contributed by atoms with Crippen LogP contribution in [-0.2, 0) is 8.85 Å². The zero-order chi connectivity index (χ0) is 13.3. The fourth-order valence-electron chi connectivity index (χ4n) is 2.54. The molecule has 2 nitrogen and oxygen atoms in total. The Morgan fingerprint density at radius 1 is 0.889 bits per heavy atom. The van der Waals surface area contributed by atoms with E-state index < -0.39 is 9.28 Å². The van der Waals surface area contributed by atoms with Crippen molar-refractivity contribution in [2.45, 2.75) is 83.6 Å². The van der Waals surface area contributed by atoms with Crippen LogP contribution in [0.2, 0.25) is 5.04 Å². The van der Waals surface area contributed by atoms with Crippen molar-refractivity contribution in [3.05, 3.63) is 0 Å². The van der Waals surface area contributed by atoms with E-state index in [1.54, 1.807) is 0 Å². The molecule has 0 heterocycles. The summed E-state index contributed by atoms with van der Waals surface area (Å²) in [6, 6.07) is 0. The van der Waals surface area contributed by atoms with Crippen LogP contribution in [-0.4, -0.2) is 22.5 Å². The molecule has 107 valence electrons. The highest BCUT2D eigenvalue weighted by molar-refractivity contribution is 6.48. The minimum absolute atomic E-state index is 0.352. The maximum atomic E-state index is 6.15. The van der Waals surface area contributed by atoms with Crippen LogP contribution in [0.5, 0.6) is 0 Å². The van der Waals surface area contributed by atoms with Crippen LogP contribution in [0.15, 0.2) is 0 Å². The Morgan fingerprint density at radius 2 is 1.39 bits per heavy atom. The topological polar surface area (TPSA) is 18.5 Å². The Labute approximate surface area is 115 Å². The van der Waals surface area contributed by atoms with E-state index in [0.717, 1.165) is 13.2 Å². The second-order valence-electron chi connectivity index (χ2n) is 5.81. The fraction of sp³-hybridized carbons (Fsp3) is 1.00. The molecule has 0 N–H and O–H groups in total. The highest BCUT2D eigenvalue weighted by Crippen LogP contribution is 2.45. The summed E-state index contributed by atoms with van der Waals surface area (Å²) < 4.78 is 12.3. The lowest BCUT2D eigenvalue weighted by Gasteiger charge is -2.37. The van der Waals surface area contributed by atoms with Crippen molar-refractivity contribution in [2.75, 3.05) is 13.2 Å². The first-order chi connectivity index (χ1) is 8.73. The standard InChI is InChI=1S/C15H31O2Si/c1-4-6-13-16-18(17-14-7-5-2)15(3)11-9-8-10-12-15/h4-14H2,1-3H3. The van der Waals surface area contributed by atoms with Crippen LogP contribution in [0, 0.1) is 0 Å². The maximum Gasteiger partial charge on any atom is 0.391 e. The van der Waals surface area contributed by atoms with Crippen LogP contribution in [0.25, 0.3) is 0 Å². The number of unbranched alkanes of at least 4 members (excludes halogenated alkanes) is 2. The Morgan fingerprint density at radius 3 is 1.83 bits per heavy atom.